The molecule has 2 aromatic heterocycles. The van der Waals surface area contributed by atoms with Crippen molar-refractivity contribution in [1.82, 2.24) is 4.98 Å². The first-order valence-corrected chi connectivity index (χ1v) is 9.71. The molecule has 0 fully saturated rings. The Balaban J connectivity index is 1.73. The maximum absolute atomic E-state index is 12.9. The molecule has 0 radical (unpaired) electrons. The number of fused-ring (bicyclic) bond motifs is 1. The van der Waals surface area contributed by atoms with E-state index in [1.165, 1.54) is 33.9 Å². The number of nitrogens with zero attached hydrogens (tertiary/aromatic N) is 3. The van der Waals surface area contributed by atoms with Gasteiger partial charge < -0.3 is 9.47 Å². The Labute approximate surface area is 161 Å². The van der Waals surface area contributed by atoms with Gasteiger partial charge >= 0.3 is 5.91 Å². The maximum Gasteiger partial charge on any atom is 0.319 e. The molecule has 26 heavy (non-hydrogen) atoms. The summed E-state index contributed by atoms with van der Waals surface area (Å²) >= 11 is 8.89. The molecule has 9 heteroatoms. The number of anilines is 1. The monoisotopic (exact) mass is 405 g/mol. The molecule has 3 aromatic rings. The Hall–Kier alpha value is -2.42. The van der Waals surface area contributed by atoms with Gasteiger partial charge in [-0.3, -0.25) is 4.79 Å². The molecular weight excluding hydrogens is 394 g/mol. The molecule has 0 atom stereocenters. The number of aromatic nitrogens is 1. The lowest BCUT2D eigenvalue weighted by atomic mass is 10.3. The van der Waals surface area contributed by atoms with Crippen LogP contribution in [0.1, 0.15) is 4.88 Å². The van der Waals surface area contributed by atoms with E-state index in [4.69, 9.17) is 21.1 Å². The first-order chi connectivity index (χ1) is 12.7. The van der Waals surface area contributed by atoms with Gasteiger partial charge in [0.25, 0.3) is 0 Å². The number of carbonyl (C=O) groups is 1. The molecule has 0 bridgehead atoms. The van der Waals surface area contributed by atoms with Crippen molar-refractivity contribution in [1.29, 1.82) is 0 Å². The molecule has 0 spiro atoms. The van der Waals surface area contributed by atoms with Gasteiger partial charge in [0, 0.05) is 9.90 Å². The van der Waals surface area contributed by atoms with Crippen molar-refractivity contribution in [2.24, 2.45) is 5.10 Å². The zero-order chi connectivity index (χ0) is 17.9. The van der Waals surface area contributed by atoms with Crippen molar-refractivity contribution in [2.45, 2.75) is 0 Å². The predicted molar refractivity (Wildman–Crippen MR) is 104 cm³/mol. The summed E-state index contributed by atoms with van der Waals surface area (Å²) in [5.74, 6) is -0.348. The summed E-state index contributed by atoms with van der Waals surface area (Å²) in [5, 5.41) is 8.53. The summed E-state index contributed by atoms with van der Waals surface area (Å²) in [6.45, 7) is 0.727. The third kappa shape index (κ3) is 3.57. The van der Waals surface area contributed by atoms with Crippen LogP contribution in [0.4, 0.5) is 5.13 Å². The maximum atomic E-state index is 12.9. The fourth-order valence-corrected chi connectivity index (χ4v) is 4.01. The average molecular weight is 406 g/mol. The van der Waals surface area contributed by atoms with Gasteiger partial charge in [-0.1, -0.05) is 29.0 Å². The number of ether oxygens (including phenoxy) is 2. The SMILES string of the molecule is O=C(C1=COCCO1)N(/N=C/c1cccs1)c1nc2ccc(Cl)cc2s1. The van der Waals surface area contributed by atoms with Crippen LogP contribution in [0.15, 0.2) is 52.8 Å². The molecule has 6 nitrogen and oxygen atoms in total. The number of amides is 1. The number of hydrogen-bond acceptors (Lipinski definition) is 7. The molecule has 1 amide bonds. The number of thiazole rings is 1. The zero-order valence-electron chi connectivity index (χ0n) is 13.3. The highest BCUT2D eigenvalue weighted by Gasteiger charge is 2.26. The number of halogens is 1. The van der Waals surface area contributed by atoms with E-state index in [0.717, 1.165) is 15.1 Å². The standard InChI is InChI=1S/C17H12ClN3O3S2/c18-11-3-4-13-15(8-11)26-17(20-13)21(19-9-12-2-1-7-25-12)16(22)14-10-23-5-6-24-14/h1-4,7-10H,5-6H2/b19-9+. The van der Waals surface area contributed by atoms with Crippen LogP contribution in [0.3, 0.4) is 0 Å². The normalized spacial score (nSPS) is 14.1. The topological polar surface area (TPSA) is 64.0 Å². The number of hydrazone groups is 1. The Kier molecular flexibility index (Phi) is 4.87. The van der Waals surface area contributed by atoms with Crippen LogP contribution >= 0.6 is 34.3 Å². The molecule has 1 aliphatic rings. The van der Waals surface area contributed by atoms with E-state index in [0.29, 0.717) is 23.4 Å². The molecule has 0 unspecified atom stereocenters. The summed E-state index contributed by atoms with van der Waals surface area (Å²) in [5.41, 5.74) is 0.744. The highest BCUT2D eigenvalue weighted by atomic mass is 35.5. The Morgan fingerprint density at radius 1 is 1.35 bits per heavy atom. The molecule has 4 rings (SSSR count). The van der Waals surface area contributed by atoms with Crippen molar-refractivity contribution in [3.05, 3.63) is 57.6 Å². The number of hydrogen-bond donors (Lipinski definition) is 0. The summed E-state index contributed by atoms with van der Waals surface area (Å²) < 4.78 is 11.5. The van der Waals surface area contributed by atoms with Gasteiger partial charge in [0.15, 0.2) is 0 Å². The highest BCUT2D eigenvalue weighted by Crippen LogP contribution is 2.32. The number of carbonyl (C=O) groups excluding carboxylic acids is 1. The second-order valence-corrected chi connectivity index (χ2v) is 7.61. The Morgan fingerprint density at radius 3 is 3.04 bits per heavy atom. The first-order valence-electron chi connectivity index (χ1n) is 7.63. The fourth-order valence-electron chi connectivity index (χ4n) is 2.23. The fraction of sp³-hybridized carbons (Fsp3) is 0.118. The van der Waals surface area contributed by atoms with E-state index in [-0.39, 0.29) is 5.76 Å². The van der Waals surface area contributed by atoms with Crippen molar-refractivity contribution in [3.63, 3.8) is 0 Å². The van der Waals surface area contributed by atoms with Crippen LogP contribution in [0, 0.1) is 0 Å². The van der Waals surface area contributed by atoms with Gasteiger partial charge in [-0.15, -0.1) is 11.3 Å². The van der Waals surface area contributed by atoms with Gasteiger partial charge in [0.1, 0.15) is 19.5 Å². The van der Waals surface area contributed by atoms with Gasteiger partial charge in [0.2, 0.25) is 10.9 Å². The lowest BCUT2D eigenvalue weighted by Gasteiger charge is -2.18. The van der Waals surface area contributed by atoms with E-state index < -0.39 is 5.91 Å². The third-order valence-corrected chi connectivity index (χ3v) is 5.45. The minimum Gasteiger partial charge on any atom is -0.494 e. The van der Waals surface area contributed by atoms with Gasteiger partial charge in [-0.25, -0.2) is 4.98 Å². The minimum absolute atomic E-state index is 0.0943. The van der Waals surface area contributed by atoms with E-state index >= 15 is 0 Å². The summed E-state index contributed by atoms with van der Waals surface area (Å²) in [7, 11) is 0. The Morgan fingerprint density at radius 2 is 2.27 bits per heavy atom. The second-order valence-electron chi connectivity index (χ2n) is 5.19. The number of benzene rings is 1. The quantitative estimate of drug-likeness (QED) is 0.480. The third-order valence-electron chi connectivity index (χ3n) is 3.42. The zero-order valence-corrected chi connectivity index (χ0v) is 15.7. The van der Waals surface area contributed by atoms with Crippen molar-refractivity contribution in [3.8, 4) is 0 Å². The molecule has 1 aliphatic heterocycles. The van der Waals surface area contributed by atoms with E-state index in [1.54, 1.807) is 12.3 Å². The molecule has 0 aliphatic carbocycles. The predicted octanol–water partition coefficient (Wildman–Crippen LogP) is 4.27. The van der Waals surface area contributed by atoms with Crippen molar-refractivity contribution < 1.29 is 14.3 Å². The lowest BCUT2D eigenvalue weighted by Crippen LogP contribution is -2.30. The van der Waals surface area contributed by atoms with Crippen molar-refractivity contribution in [2.75, 3.05) is 18.2 Å². The van der Waals surface area contributed by atoms with E-state index in [1.807, 2.05) is 29.6 Å². The summed E-state index contributed by atoms with van der Waals surface area (Å²) in [6.07, 6.45) is 2.93. The molecular formula is C17H12ClN3O3S2. The smallest absolute Gasteiger partial charge is 0.319 e. The second kappa shape index (κ2) is 7.45. The first kappa shape index (κ1) is 17.0. The van der Waals surface area contributed by atoms with Crippen LogP contribution in [-0.4, -0.2) is 30.3 Å². The van der Waals surface area contributed by atoms with Crippen LogP contribution in [0.5, 0.6) is 0 Å². The molecule has 132 valence electrons. The van der Waals surface area contributed by atoms with Crippen molar-refractivity contribution >= 4 is 61.7 Å². The summed E-state index contributed by atoms with van der Waals surface area (Å²) in [4.78, 5) is 18.3. The van der Waals surface area contributed by atoms with Crippen LogP contribution in [-0.2, 0) is 14.3 Å². The van der Waals surface area contributed by atoms with E-state index in [2.05, 4.69) is 10.1 Å². The Bertz CT molecular complexity index is 998. The molecule has 0 saturated heterocycles. The van der Waals surface area contributed by atoms with E-state index in [9.17, 15) is 4.79 Å². The molecule has 3 heterocycles. The van der Waals surface area contributed by atoms with Crippen LogP contribution in [0.25, 0.3) is 10.2 Å². The number of thiophene rings is 1. The van der Waals surface area contributed by atoms with Crippen LogP contribution in [0.2, 0.25) is 5.02 Å². The minimum atomic E-state index is -0.442. The molecule has 1 aromatic carbocycles. The van der Waals surface area contributed by atoms with Gasteiger partial charge in [-0.2, -0.15) is 10.1 Å². The van der Waals surface area contributed by atoms with Gasteiger partial charge in [0.05, 0.1) is 16.4 Å². The molecule has 0 N–H and O–H groups in total. The lowest BCUT2D eigenvalue weighted by molar-refractivity contribution is -0.119. The number of rotatable bonds is 4. The van der Waals surface area contributed by atoms with Gasteiger partial charge in [-0.05, 0) is 29.6 Å². The highest BCUT2D eigenvalue weighted by molar-refractivity contribution is 7.22. The average Bonchev–Trinajstić information content (AvgIpc) is 3.31. The largest absolute Gasteiger partial charge is 0.494 e. The molecule has 0 saturated carbocycles. The van der Waals surface area contributed by atoms with Crippen LogP contribution < -0.4 is 5.01 Å². The summed E-state index contributed by atoms with van der Waals surface area (Å²) in [6, 6.07) is 9.20.